The van der Waals surface area contributed by atoms with Gasteiger partial charge in [-0.15, -0.1) is 6.58 Å². The van der Waals surface area contributed by atoms with Crippen molar-refractivity contribution >= 4 is 17.6 Å². The van der Waals surface area contributed by atoms with Crippen molar-refractivity contribution in [2.24, 2.45) is 0 Å². The first-order valence-electron chi connectivity index (χ1n) is 9.59. The predicted octanol–water partition coefficient (Wildman–Crippen LogP) is 3.63. The summed E-state index contributed by atoms with van der Waals surface area (Å²) in [6.07, 6.45) is -1.61. The van der Waals surface area contributed by atoms with Gasteiger partial charge in [0.1, 0.15) is 17.2 Å². The molecule has 2 aromatic carbocycles. The topological polar surface area (TPSA) is 85.9 Å². The fraction of sp³-hybridized carbons (Fsp3) is 0.174. The first-order chi connectivity index (χ1) is 15.1. The number of aromatic nitrogens is 1. The van der Waals surface area contributed by atoms with Gasteiger partial charge in [-0.2, -0.15) is 13.2 Å². The summed E-state index contributed by atoms with van der Waals surface area (Å²) in [5.74, 6) is -0.425. The van der Waals surface area contributed by atoms with E-state index in [0.717, 1.165) is 30.6 Å². The first-order valence-corrected chi connectivity index (χ1v) is 9.59. The van der Waals surface area contributed by atoms with Gasteiger partial charge in [-0.1, -0.05) is 6.08 Å². The molecule has 0 amide bonds. The van der Waals surface area contributed by atoms with E-state index in [2.05, 4.69) is 6.58 Å². The zero-order chi connectivity index (χ0) is 23.5. The van der Waals surface area contributed by atoms with Gasteiger partial charge in [0.15, 0.2) is 0 Å². The number of hydrogen-bond acceptors (Lipinski definition) is 3. The Kier molecular flexibility index (Phi) is 6.63. The third-order valence-corrected chi connectivity index (χ3v) is 5.15. The molecule has 0 saturated carbocycles. The van der Waals surface area contributed by atoms with Crippen molar-refractivity contribution in [3.63, 3.8) is 0 Å². The Morgan fingerprint density at radius 3 is 2.31 bits per heavy atom. The van der Waals surface area contributed by atoms with Crippen molar-refractivity contribution in [1.82, 2.24) is 4.57 Å². The molecule has 0 bridgehead atoms. The lowest BCUT2D eigenvalue weighted by molar-refractivity contribution is -0.478. The van der Waals surface area contributed by atoms with Crippen molar-refractivity contribution in [1.29, 1.82) is 5.41 Å². The molecule has 0 saturated heterocycles. The second-order valence-corrected chi connectivity index (χ2v) is 7.21. The normalized spacial score (nSPS) is 13.6. The van der Waals surface area contributed by atoms with E-state index in [-0.39, 0.29) is 17.8 Å². The van der Waals surface area contributed by atoms with E-state index in [4.69, 9.17) is 5.41 Å². The van der Waals surface area contributed by atoms with Crippen LogP contribution in [0.3, 0.4) is 0 Å². The van der Waals surface area contributed by atoms with Crippen molar-refractivity contribution < 1.29 is 33.1 Å². The molecule has 0 aliphatic carbocycles. The van der Waals surface area contributed by atoms with Crippen LogP contribution < -0.4 is 5.32 Å². The van der Waals surface area contributed by atoms with E-state index >= 15 is 0 Å². The van der Waals surface area contributed by atoms with Crippen LogP contribution in [0.4, 0.5) is 28.9 Å². The molecule has 3 rings (SSSR count). The maximum atomic E-state index is 14.2. The average molecular weight is 448 g/mol. The number of nitrogens with zero attached hydrogens (tertiary/aromatic N) is 1. The quantitative estimate of drug-likeness (QED) is 0.184. The fourth-order valence-corrected chi connectivity index (χ4v) is 3.48. The van der Waals surface area contributed by atoms with Crippen LogP contribution in [0.25, 0.3) is 0 Å². The lowest BCUT2D eigenvalue weighted by Crippen LogP contribution is -2.71. The molecular formula is C23H22F4N3O2+. The second kappa shape index (κ2) is 9.07. The minimum Gasteiger partial charge on any atom is -0.390 e. The summed E-state index contributed by atoms with van der Waals surface area (Å²) in [7, 11) is 0. The van der Waals surface area contributed by atoms with E-state index in [1.807, 2.05) is 0 Å². The number of rotatable bonds is 8. The van der Waals surface area contributed by atoms with Gasteiger partial charge in [-0.25, -0.2) is 4.39 Å². The molecule has 9 heteroatoms. The number of halogens is 4. The van der Waals surface area contributed by atoms with Crippen LogP contribution in [0.5, 0.6) is 0 Å². The first kappa shape index (κ1) is 23.4. The predicted molar refractivity (Wildman–Crippen MR) is 112 cm³/mol. The number of aliphatic hydroxyl groups is 2. The smallest absolute Gasteiger partial charge is 0.390 e. The highest BCUT2D eigenvalue weighted by Crippen LogP contribution is 2.45. The molecule has 0 radical (unpaired) electrons. The number of quaternary nitrogens is 1. The number of allylic oxidation sites excluding steroid dienone is 1. The summed E-state index contributed by atoms with van der Waals surface area (Å²) in [5, 5.41) is 29.7. The number of aliphatic hydroxyl groups excluding tert-OH is 1. The van der Waals surface area contributed by atoms with E-state index in [1.165, 1.54) is 41.0 Å². The van der Waals surface area contributed by atoms with Gasteiger partial charge >= 0.3 is 6.18 Å². The Hall–Kier alpha value is -3.27. The molecule has 1 atom stereocenters. The maximum absolute atomic E-state index is 14.2. The van der Waals surface area contributed by atoms with Gasteiger partial charge in [-0.3, -0.25) is 5.32 Å². The molecular weight excluding hydrogens is 426 g/mol. The zero-order valence-electron chi connectivity index (χ0n) is 16.9. The summed E-state index contributed by atoms with van der Waals surface area (Å²) in [6, 6.07) is 10.2. The Morgan fingerprint density at radius 1 is 1.06 bits per heavy atom. The molecule has 5 nitrogen and oxygen atoms in total. The lowest BCUT2D eigenvalue weighted by Gasteiger charge is -2.31. The van der Waals surface area contributed by atoms with Gasteiger partial charge < -0.3 is 20.2 Å². The Morgan fingerprint density at radius 2 is 1.75 bits per heavy atom. The minimum absolute atomic E-state index is 0.141. The van der Waals surface area contributed by atoms with E-state index < -0.39 is 35.3 Å². The third kappa shape index (κ3) is 4.36. The number of benzene rings is 2. The largest absolute Gasteiger partial charge is 0.425 e. The summed E-state index contributed by atoms with van der Waals surface area (Å²) in [4.78, 5) is 0. The van der Waals surface area contributed by atoms with Crippen molar-refractivity contribution in [3.05, 3.63) is 95.6 Å². The number of hydrogen-bond donors (Lipinski definition) is 4. The molecule has 32 heavy (non-hydrogen) atoms. The van der Waals surface area contributed by atoms with Crippen LogP contribution in [-0.2, 0) is 18.8 Å². The molecule has 0 aliphatic rings. The fourth-order valence-electron chi connectivity index (χ4n) is 3.48. The highest BCUT2D eigenvalue weighted by Gasteiger charge is 2.57. The van der Waals surface area contributed by atoms with Gasteiger partial charge in [0.2, 0.25) is 5.60 Å². The molecule has 0 aliphatic heterocycles. The molecule has 1 aromatic heterocycles. The van der Waals surface area contributed by atoms with Crippen molar-refractivity contribution in [3.8, 4) is 0 Å². The molecule has 5 N–H and O–H groups in total. The summed E-state index contributed by atoms with van der Waals surface area (Å²) >= 11 is 0. The standard InChI is InChI=1S/C23H21F4N3O2/c1-2-9-30-13-17(11-20(30)14-31)22(32,23(25,26)27)16-3-8-21(15(10-16)12-28)29-19-6-4-18(24)5-7-19/h2-8,10-13,28-29,31-32H,1,9,14H2/p+1. The highest BCUT2D eigenvalue weighted by molar-refractivity contribution is 5.83. The van der Waals surface area contributed by atoms with Crippen molar-refractivity contribution in [2.75, 3.05) is 0 Å². The van der Waals surface area contributed by atoms with Gasteiger partial charge in [0.25, 0.3) is 0 Å². The maximum Gasteiger partial charge on any atom is 0.425 e. The highest BCUT2D eigenvalue weighted by atomic mass is 19.4. The van der Waals surface area contributed by atoms with Crippen LogP contribution in [0, 0.1) is 11.2 Å². The summed E-state index contributed by atoms with van der Waals surface area (Å²) in [5.41, 5.74) is -2.93. The molecule has 0 spiro atoms. The monoisotopic (exact) mass is 448 g/mol. The zero-order valence-corrected chi connectivity index (χ0v) is 16.9. The Labute approximate surface area is 181 Å². The van der Waals surface area contributed by atoms with E-state index in [0.29, 0.717) is 11.4 Å². The van der Waals surface area contributed by atoms with Crippen LogP contribution in [0.1, 0.15) is 22.4 Å². The molecule has 1 heterocycles. The average Bonchev–Trinajstić information content (AvgIpc) is 3.17. The molecule has 1 unspecified atom stereocenters. The minimum atomic E-state index is -5.08. The SMILES string of the molecule is C=CCn1cc(C(O)(c2ccc([NH2+]c3ccc(F)cc3)c(C=N)c2)C(F)(F)F)cc1CO. The number of nitrogens with one attached hydrogen (secondary N) is 1. The van der Waals surface area contributed by atoms with Gasteiger partial charge in [0, 0.05) is 48.4 Å². The van der Waals surface area contributed by atoms with Gasteiger partial charge in [-0.05, 0) is 35.9 Å². The summed E-state index contributed by atoms with van der Waals surface area (Å²) < 4.78 is 57.0. The third-order valence-electron chi connectivity index (χ3n) is 5.15. The molecule has 168 valence electrons. The van der Waals surface area contributed by atoms with E-state index in [9.17, 15) is 27.8 Å². The van der Waals surface area contributed by atoms with Gasteiger partial charge in [0.05, 0.1) is 12.2 Å². The Bertz CT molecular complexity index is 1120. The summed E-state index contributed by atoms with van der Waals surface area (Å²) in [6.45, 7) is 3.18. The number of nitrogens with two attached hydrogens (primary N) is 1. The Balaban J connectivity index is 2.09. The molecule has 3 aromatic rings. The van der Waals surface area contributed by atoms with Crippen LogP contribution >= 0.6 is 0 Å². The lowest BCUT2D eigenvalue weighted by atomic mass is 9.86. The van der Waals surface area contributed by atoms with Crippen molar-refractivity contribution in [2.45, 2.75) is 24.9 Å². The number of alkyl halides is 3. The van der Waals surface area contributed by atoms with E-state index in [1.54, 1.807) is 5.32 Å². The molecule has 0 fully saturated rings. The van der Waals surface area contributed by atoms with Crippen LogP contribution in [-0.4, -0.2) is 27.2 Å². The van der Waals surface area contributed by atoms with Crippen LogP contribution in [0.2, 0.25) is 0 Å². The van der Waals surface area contributed by atoms with Crippen LogP contribution in [0.15, 0.2) is 67.4 Å². The second-order valence-electron chi connectivity index (χ2n) is 7.21.